The fraction of sp³-hybridized carbons (Fsp3) is 0.133. The maximum absolute atomic E-state index is 11.7. The second-order valence-corrected chi connectivity index (χ2v) is 4.50. The van der Waals surface area contributed by atoms with Gasteiger partial charge in [-0.25, -0.2) is 14.3 Å². The predicted octanol–water partition coefficient (Wildman–Crippen LogP) is 1.90. The smallest absolute Gasteiger partial charge is 0.343 e. The molecule has 2 heterocycles. The number of fused-ring (bicyclic) bond motifs is 1. The Morgan fingerprint density at radius 1 is 1.27 bits per heavy atom. The lowest BCUT2D eigenvalue weighted by Crippen LogP contribution is -2.02. The molecule has 0 fully saturated rings. The van der Waals surface area contributed by atoms with Gasteiger partial charge >= 0.3 is 5.97 Å². The van der Waals surface area contributed by atoms with Crippen molar-refractivity contribution in [2.24, 2.45) is 0 Å². The molecule has 0 aliphatic heterocycles. The van der Waals surface area contributed by atoms with Gasteiger partial charge in [0, 0.05) is 17.8 Å². The molecule has 0 aliphatic carbocycles. The minimum atomic E-state index is -0.515. The first-order valence-corrected chi connectivity index (χ1v) is 6.44. The van der Waals surface area contributed by atoms with Gasteiger partial charge in [-0.3, -0.25) is 0 Å². The minimum Gasteiger partial charge on any atom is -0.507 e. The monoisotopic (exact) mass is 299 g/mol. The highest BCUT2D eigenvalue weighted by Crippen LogP contribution is 2.32. The summed E-state index contributed by atoms with van der Waals surface area (Å²) in [4.78, 5) is 15.9. The molecule has 0 bridgehead atoms. The Morgan fingerprint density at radius 3 is 2.77 bits per heavy atom. The number of methoxy groups -OCH3 is 2. The molecule has 22 heavy (non-hydrogen) atoms. The maximum atomic E-state index is 11.7. The summed E-state index contributed by atoms with van der Waals surface area (Å²) in [7, 11) is 2.82. The molecule has 2 aromatic heterocycles. The van der Waals surface area contributed by atoms with Crippen LogP contribution in [0.15, 0.2) is 36.7 Å². The van der Waals surface area contributed by atoms with E-state index in [0.717, 1.165) is 0 Å². The zero-order valence-corrected chi connectivity index (χ0v) is 12.0. The van der Waals surface area contributed by atoms with Gasteiger partial charge in [0.05, 0.1) is 26.1 Å². The highest BCUT2D eigenvalue weighted by atomic mass is 16.5. The third-order valence-electron chi connectivity index (χ3n) is 3.29. The molecule has 0 unspecified atom stereocenters. The normalized spacial score (nSPS) is 10.6. The number of phenols is 1. The predicted molar refractivity (Wildman–Crippen MR) is 78.0 cm³/mol. The van der Waals surface area contributed by atoms with Crippen LogP contribution in [0, 0.1) is 0 Å². The fourth-order valence-electron chi connectivity index (χ4n) is 2.20. The number of esters is 1. The minimum absolute atomic E-state index is 0.0435. The molecule has 0 amide bonds. The van der Waals surface area contributed by atoms with Crippen LogP contribution in [-0.4, -0.2) is 39.9 Å². The highest BCUT2D eigenvalue weighted by molar-refractivity contribution is 5.95. The molecule has 112 valence electrons. The van der Waals surface area contributed by atoms with Crippen LogP contribution >= 0.6 is 0 Å². The quantitative estimate of drug-likeness (QED) is 0.743. The fourth-order valence-corrected chi connectivity index (χ4v) is 2.20. The number of benzene rings is 1. The molecule has 3 aromatic rings. The van der Waals surface area contributed by atoms with E-state index in [4.69, 9.17) is 9.47 Å². The summed E-state index contributed by atoms with van der Waals surface area (Å²) in [6, 6.07) is 6.64. The van der Waals surface area contributed by atoms with Gasteiger partial charge in [-0.1, -0.05) is 0 Å². The molecule has 7 nitrogen and oxygen atoms in total. The molecule has 7 heteroatoms. The van der Waals surface area contributed by atoms with Gasteiger partial charge in [0.25, 0.3) is 0 Å². The van der Waals surface area contributed by atoms with Crippen molar-refractivity contribution in [2.75, 3.05) is 14.2 Å². The summed E-state index contributed by atoms with van der Waals surface area (Å²) >= 11 is 0. The number of aromatic nitrogens is 3. The van der Waals surface area contributed by atoms with Gasteiger partial charge < -0.3 is 14.6 Å². The molecule has 0 atom stereocenters. The highest BCUT2D eigenvalue weighted by Gasteiger charge is 2.17. The number of ether oxygens (including phenoxy) is 2. The van der Waals surface area contributed by atoms with Crippen molar-refractivity contribution < 1.29 is 19.4 Å². The molecular formula is C15H13N3O4. The largest absolute Gasteiger partial charge is 0.507 e. The number of carbonyl (C=O) groups is 1. The van der Waals surface area contributed by atoms with Crippen LogP contribution in [0.25, 0.3) is 16.9 Å². The van der Waals surface area contributed by atoms with E-state index < -0.39 is 5.97 Å². The van der Waals surface area contributed by atoms with Gasteiger partial charge in [0.15, 0.2) is 5.65 Å². The average Bonchev–Trinajstić information content (AvgIpc) is 2.98. The number of aromatic hydroxyl groups is 1. The third-order valence-corrected chi connectivity index (χ3v) is 3.29. The molecule has 3 rings (SSSR count). The Labute approximate surface area is 125 Å². The van der Waals surface area contributed by atoms with Gasteiger partial charge in [-0.05, 0) is 18.2 Å². The molecule has 0 saturated heterocycles. The molecule has 1 N–H and O–H groups in total. The topological polar surface area (TPSA) is 86.0 Å². The van der Waals surface area contributed by atoms with Crippen LogP contribution in [0.1, 0.15) is 10.4 Å². The number of carbonyl (C=O) groups excluding carboxylic acids is 1. The van der Waals surface area contributed by atoms with E-state index in [2.05, 4.69) is 10.1 Å². The van der Waals surface area contributed by atoms with Crippen molar-refractivity contribution in [2.45, 2.75) is 0 Å². The lowest BCUT2D eigenvalue weighted by atomic mass is 10.1. The van der Waals surface area contributed by atoms with Crippen LogP contribution in [0.5, 0.6) is 11.5 Å². The van der Waals surface area contributed by atoms with Gasteiger partial charge in [-0.15, -0.1) is 0 Å². The summed E-state index contributed by atoms with van der Waals surface area (Å²) in [5.74, 6) is 0.0721. The Hall–Kier alpha value is -3.09. The zero-order valence-electron chi connectivity index (χ0n) is 12.0. The van der Waals surface area contributed by atoms with Crippen LogP contribution in [0.4, 0.5) is 0 Å². The van der Waals surface area contributed by atoms with Gasteiger partial charge in [0.1, 0.15) is 17.1 Å². The van der Waals surface area contributed by atoms with E-state index >= 15 is 0 Å². The lowest BCUT2D eigenvalue weighted by Gasteiger charge is -2.08. The Kier molecular flexibility index (Phi) is 3.38. The first-order chi connectivity index (χ1) is 10.7. The maximum Gasteiger partial charge on any atom is 0.343 e. The second-order valence-electron chi connectivity index (χ2n) is 4.50. The zero-order chi connectivity index (χ0) is 15.7. The summed E-state index contributed by atoms with van der Waals surface area (Å²) in [5, 5.41) is 14.3. The first-order valence-electron chi connectivity index (χ1n) is 6.44. The lowest BCUT2D eigenvalue weighted by molar-refractivity contribution is 0.0602. The molecule has 0 spiro atoms. The standard InChI is InChI=1S/C15H13N3O4/c1-21-9-3-4-10(13(19)7-9)12-5-6-16-14-11(15(20)22-2)8-17-18(12)14/h3-8,19H,1-2H3. The van der Waals surface area contributed by atoms with Crippen LogP contribution in [0.2, 0.25) is 0 Å². The molecular weight excluding hydrogens is 286 g/mol. The van der Waals surface area contributed by atoms with E-state index in [1.54, 1.807) is 24.4 Å². The summed E-state index contributed by atoms with van der Waals surface area (Å²) < 4.78 is 11.3. The molecule has 0 aliphatic rings. The third kappa shape index (κ3) is 2.12. The molecule has 1 aromatic carbocycles. The van der Waals surface area contributed by atoms with E-state index in [9.17, 15) is 9.90 Å². The number of hydrogen-bond acceptors (Lipinski definition) is 6. The number of phenolic OH excluding ortho intramolecular Hbond substituents is 1. The number of rotatable bonds is 3. The van der Waals surface area contributed by atoms with Crippen molar-refractivity contribution in [1.82, 2.24) is 14.6 Å². The van der Waals surface area contributed by atoms with Crippen LogP contribution in [-0.2, 0) is 4.74 Å². The SMILES string of the molecule is COC(=O)c1cnn2c(-c3ccc(OC)cc3O)ccnc12. The molecule has 0 saturated carbocycles. The van der Waals surface area contributed by atoms with Crippen molar-refractivity contribution in [1.29, 1.82) is 0 Å². The van der Waals surface area contributed by atoms with E-state index in [0.29, 0.717) is 22.7 Å². The van der Waals surface area contributed by atoms with E-state index in [1.807, 2.05) is 0 Å². The Morgan fingerprint density at radius 2 is 2.09 bits per heavy atom. The van der Waals surface area contributed by atoms with E-state index in [1.165, 1.54) is 31.0 Å². The Bertz CT molecular complexity index is 857. The van der Waals surface area contributed by atoms with Crippen LogP contribution < -0.4 is 4.74 Å². The first kappa shape index (κ1) is 13.9. The van der Waals surface area contributed by atoms with E-state index in [-0.39, 0.29) is 11.3 Å². The summed E-state index contributed by atoms with van der Waals surface area (Å²) in [6.07, 6.45) is 2.93. The van der Waals surface area contributed by atoms with Crippen molar-refractivity contribution in [3.8, 4) is 22.8 Å². The summed E-state index contributed by atoms with van der Waals surface area (Å²) in [6.45, 7) is 0. The van der Waals surface area contributed by atoms with Gasteiger partial charge in [-0.2, -0.15) is 5.10 Å². The van der Waals surface area contributed by atoms with Gasteiger partial charge in [0.2, 0.25) is 0 Å². The number of nitrogens with zero attached hydrogens (tertiary/aromatic N) is 3. The Balaban J connectivity index is 2.20. The average molecular weight is 299 g/mol. The molecule has 0 radical (unpaired) electrons. The van der Waals surface area contributed by atoms with Crippen molar-refractivity contribution in [3.05, 3.63) is 42.2 Å². The number of hydrogen-bond donors (Lipinski definition) is 1. The summed E-state index contributed by atoms with van der Waals surface area (Å²) in [5.41, 5.74) is 1.77. The second kappa shape index (κ2) is 5.36. The van der Waals surface area contributed by atoms with Crippen molar-refractivity contribution in [3.63, 3.8) is 0 Å². The van der Waals surface area contributed by atoms with Crippen LogP contribution in [0.3, 0.4) is 0 Å². The van der Waals surface area contributed by atoms with Crippen molar-refractivity contribution >= 4 is 11.6 Å².